The molecule has 56 heavy (non-hydrogen) atoms. The third-order valence-electron chi connectivity index (χ3n) is 9.66. The topological polar surface area (TPSA) is 56.7 Å². The van der Waals surface area contributed by atoms with Crippen molar-refractivity contribution in [3.63, 3.8) is 0 Å². The minimum absolute atomic E-state index is 0.0706. The number of benzene rings is 4. The number of para-hydroxylation sites is 1. The molecule has 4 nitrogen and oxygen atoms in total. The van der Waals surface area contributed by atoms with E-state index in [2.05, 4.69) is 123 Å². The van der Waals surface area contributed by atoms with Gasteiger partial charge < -0.3 is 10.5 Å². The molecule has 4 aromatic rings. The van der Waals surface area contributed by atoms with Crippen LogP contribution in [-0.4, -0.2) is 5.97 Å². The third kappa shape index (κ3) is 15.7. The first kappa shape index (κ1) is 49.7. The molecule has 0 saturated heterocycles. The van der Waals surface area contributed by atoms with Gasteiger partial charge in [0.2, 0.25) is 0 Å². The number of esters is 1. The van der Waals surface area contributed by atoms with Gasteiger partial charge in [-0.15, -0.1) is 0 Å². The molecule has 0 aliphatic carbocycles. The van der Waals surface area contributed by atoms with Gasteiger partial charge in [0, 0.05) is 12.6 Å². The lowest BCUT2D eigenvalue weighted by molar-refractivity contribution is -0.144. The Morgan fingerprint density at radius 1 is 0.661 bits per heavy atom. The summed E-state index contributed by atoms with van der Waals surface area (Å²) in [6, 6.07) is 29.5. The van der Waals surface area contributed by atoms with Crippen LogP contribution in [0.1, 0.15) is 163 Å². The van der Waals surface area contributed by atoms with Crippen molar-refractivity contribution >= 4 is 11.7 Å². The van der Waals surface area contributed by atoms with E-state index >= 15 is 0 Å². The van der Waals surface area contributed by atoms with Gasteiger partial charge in [0.1, 0.15) is 11.6 Å². The Morgan fingerprint density at radius 2 is 1.11 bits per heavy atom. The molecule has 0 radical (unpaired) electrons. The maximum absolute atomic E-state index is 14.0. The lowest BCUT2D eigenvalue weighted by atomic mass is 9.81. The van der Waals surface area contributed by atoms with Crippen molar-refractivity contribution in [1.29, 1.82) is 0 Å². The van der Waals surface area contributed by atoms with Gasteiger partial charge in [0.25, 0.3) is 0 Å². The van der Waals surface area contributed by atoms with Crippen LogP contribution in [0.4, 0.5) is 10.1 Å². The fourth-order valence-electron chi connectivity index (χ4n) is 5.88. The molecule has 0 aromatic heterocycles. The van der Waals surface area contributed by atoms with E-state index in [1.165, 1.54) is 28.3 Å². The standard InChI is InChI=1S/C16H23FO2.C13H20.C11H13N.C11H17N/c1-7-16(5,6)14(18)19-11-8-9-12(13(17)10-11)15(2,3)4;1-10(2)11-8-6-7-9-12(11)13(3,4)5;1-11(2,3)9-7-5-6-8-10(9)12-4;1-11(2,3)10-7-5-4-6-9(10)8-12/h8-10H,7H2,1-6H3;6-10H,1-5H3;5-8H,1-3H3;4-7H,8,12H2,1-3H3. The summed E-state index contributed by atoms with van der Waals surface area (Å²) < 4.78 is 19.2. The summed E-state index contributed by atoms with van der Waals surface area (Å²) in [5.41, 5.74) is 13.4. The average Bonchev–Trinajstić information content (AvgIpc) is 3.10. The van der Waals surface area contributed by atoms with Crippen molar-refractivity contribution in [1.82, 2.24) is 0 Å². The molecule has 0 saturated carbocycles. The lowest BCUT2D eigenvalue weighted by Gasteiger charge is -2.24. The first-order valence-corrected chi connectivity index (χ1v) is 20.0. The molecule has 2 N–H and O–H groups in total. The Bertz CT molecular complexity index is 1870. The number of halogens is 1. The number of hydrogen-bond acceptors (Lipinski definition) is 3. The third-order valence-corrected chi connectivity index (χ3v) is 9.66. The molecule has 0 aliphatic heterocycles. The number of rotatable bonds is 5. The van der Waals surface area contributed by atoms with Crippen LogP contribution in [0.15, 0.2) is 91.0 Å². The summed E-state index contributed by atoms with van der Waals surface area (Å²) in [7, 11) is 0. The van der Waals surface area contributed by atoms with E-state index in [0.717, 1.165) is 11.3 Å². The van der Waals surface area contributed by atoms with Crippen LogP contribution in [0.3, 0.4) is 0 Å². The number of ether oxygens (including phenoxy) is 1. The predicted octanol–water partition coefficient (Wildman–Crippen LogP) is 14.5. The SMILES string of the molecule is CC(C)(C)c1ccccc1CN.CC(C)c1ccccc1C(C)(C)C.CCC(C)(C)C(=O)Oc1ccc(C(C)(C)C)c(F)c1.[C-]#[N+]c1ccccc1C(C)(C)C. The van der Waals surface area contributed by atoms with Crippen molar-refractivity contribution in [2.24, 2.45) is 11.1 Å². The van der Waals surface area contributed by atoms with Gasteiger partial charge in [-0.1, -0.05) is 183 Å². The Morgan fingerprint density at radius 3 is 1.48 bits per heavy atom. The molecule has 4 aromatic carbocycles. The van der Waals surface area contributed by atoms with E-state index in [1.807, 2.05) is 71.9 Å². The molecular formula is C51H73FN2O2. The molecule has 0 aliphatic rings. The van der Waals surface area contributed by atoms with Crippen LogP contribution in [0.2, 0.25) is 0 Å². The molecule has 0 unspecified atom stereocenters. The second kappa shape index (κ2) is 20.8. The van der Waals surface area contributed by atoms with Crippen LogP contribution in [0, 0.1) is 17.8 Å². The zero-order valence-corrected chi connectivity index (χ0v) is 37.9. The second-order valence-electron chi connectivity index (χ2n) is 19.5. The summed E-state index contributed by atoms with van der Waals surface area (Å²) >= 11 is 0. The normalized spacial score (nSPS) is 11.8. The van der Waals surface area contributed by atoms with Gasteiger partial charge in [-0.25, -0.2) is 9.24 Å². The molecule has 0 fully saturated rings. The highest BCUT2D eigenvalue weighted by molar-refractivity contribution is 5.78. The van der Waals surface area contributed by atoms with Crippen LogP contribution >= 0.6 is 0 Å². The Hall–Kier alpha value is -4.27. The predicted molar refractivity (Wildman–Crippen MR) is 238 cm³/mol. The van der Waals surface area contributed by atoms with Gasteiger partial charge >= 0.3 is 5.97 Å². The summed E-state index contributed by atoms with van der Waals surface area (Å²) in [5, 5.41) is 0. The molecular weight excluding hydrogens is 692 g/mol. The van der Waals surface area contributed by atoms with Gasteiger partial charge in [-0.3, -0.25) is 4.79 Å². The Labute approximate surface area is 341 Å². The van der Waals surface area contributed by atoms with Crippen LogP contribution < -0.4 is 10.5 Å². The van der Waals surface area contributed by atoms with Crippen molar-refractivity contribution in [2.45, 2.75) is 158 Å². The zero-order valence-electron chi connectivity index (χ0n) is 37.9. The van der Waals surface area contributed by atoms with Crippen LogP contribution in [0.25, 0.3) is 4.85 Å². The molecule has 4 rings (SSSR count). The fraction of sp³-hybridized carbons (Fsp3) is 0.490. The smallest absolute Gasteiger partial charge is 0.316 e. The van der Waals surface area contributed by atoms with Crippen molar-refractivity contribution in [3.8, 4) is 5.75 Å². The van der Waals surface area contributed by atoms with Gasteiger partial charge in [0.05, 0.1) is 12.0 Å². The van der Waals surface area contributed by atoms with Crippen molar-refractivity contribution in [2.75, 3.05) is 0 Å². The molecule has 5 heteroatoms. The monoisotopic (exact) mass is 765 g/mol. The Kier molecular flexibility index (Phi) is 18.4. The number of nitrogens with zero attached hydrogens (tertiary/aromatic N) is 1. The van der Waals surface area contributed by atoms with Gasteiger partial charge in [-0.2, -0.15) is 0 Å². The van der Waals surface area contributed by atoms with Crippen molar-refractivity contribution < 1.29 is 13.9 Å². The molecule has 0 heterocycles. The maximum Gasteiger partial charge on any atom is 0.316 e. The molecule has 0 bridgehead atoms. The number of nitrogens with two attached hydrogens (primary N) is 1. The second-order valence-corrected chi connectivity index (χ2v) is 19.5. The summed E-state index contributed by atoms with van der Waals surface area (Å²) in [6.07, 6.45) is 0.675. The van der Waals surface area contributed by atoms with E-state index in [9.17, 15) is 9.18 Å². The van der Waals surface area contributed by atoms with E-state index < -0.39 is 5.41 Å². The van der Waals surface area contributed by atoms with Crippen LogP contribution in [-0.2, 0) is 33.0 Å². The number of carbonyl (C=O) groups is 1. The minimum atomic E-state index is -0.556. The maximum atomic E-state index is 14.0. The Balaban J connectivity index is 0.000000381. The minimum Gasteiger partial charge on any atom is -0.426 e. The molecule has 0 atom stereocenters. The first-order valence-electron chi connectivity index (χ1n) is 20.0. The molecule has 0 amide bonds. The summed E-state index contributed by atoms with van der Waals surface area (Å²) in [6.45, 7) is 43.3. The quantitative estimate of drug-likeness (QED) is 0.125. The van der Waals surface area contributed by atoms with E-state index in [0.29, 0.717) is 24.4 Å². The lowest BCUT2D eigenvalue weighted by Crippen LogP contribution is -2.28. The average molecular weight is 765 g/mol. The van der Waals surface area contributed by atoms with Crippen molar-refractivity contribution in [3.05, 3.63) is 142 Å². The largest absolute Gasteiger partial charge is 0.426 e. The van der Waals surface area contributed by atoms with Gasteiger partial charge in [0.15, 0.2) is 5.69 Å². The van der Waals surface area contributed by atoms with Crippen LogP contribution in [0.5, 0.6) is 5.75 Å². The highest BCUT2D eigenvalue weighted by atomic mass is 19.1. The fourth-order valence-corrected chi connectivity index (χ4v) is 5.88. The molecule has 306 valence electrons. The van der Waals surface area contributed by atoms with E-state index in [1.54, 1.807) is 12.1 Å². The zero-order chi connectivity index (χ0) is 43.3. The van der Waals surface area contributed by atoms with E-state index in [-0.39, 0.29) is 39.2 Å². The van der Waals surface area contributed by atoms with E-state index in [4.69, 9.17) is 17.0 Å². The number of carbonyl (C=O) groups excluding carboxylic acids is 1. The molecule has 0 spiro atoms. The highest BCUT2D eigenvalue weighted by Gasteiger charge is 2.28. The highest BCUT2D eigenvalue weighted by Crippen LogP contribution is 2.32. The number of hydrogen-bond donors (Lipinski definition) is 1. The first-order chi connectivity index (χ1) is 25.6. The van der Waals surface area contributed by atoms with Gasteiger partial charge in [-0.05, 0) is 87.3 Å². The summed E-state index contributed by atoms with van der Waals surface area (Å²) in [4.78, 5) is 15.4. The summed E-state index contributed by atoms with van der Waals surface area (Å²) in [5.74, 6) is 0.206.